The summed E-state index contributed by atoms with van der Waals surface area (Å²) in [6, 6.07) is 2.77. The minimum absolute atomic E-state index is 0.00576. The van der Waals surface area contributed by atoms with Crippen molar-refractivity contribution in [3.63, 3.8) is 0 Å². The van der Waals surface area contributed by atoms with E-state index in [9.17, 15) is 22.7 Å². The zero-order chi connectivity index (χ0) is 11.9. The molecule has 0 aliphatic carbocycles. The van der Waals surface area contributed by atoms with Gasteiger partial charge in [0.2, 0.25) is 0 Å². The van der Waals surface area contributed by atoms with Crippen LogP contribution in [0.1, 0.15) is 12.5 Å². The lowest BCUT2D eigenvalue weighted by atomic mass is 9.95. The highest BCUT2D eigenvalue weighted by Crippen LogP contribution is 2.41. The van der Waals surface area contributed by atoms with Crippen LogP contribution in [0.3, 0.4) is 0 Å². The van der Waals surface area contributed by atoms with Crippen LogP contribution in [0.5, 0.6) is 0 Å². The van der Waals surface area contributed by atoms with Crippen LogP contribution in [0.2, 0.25) is 0 Å². The predicted molar refractivity (Wildman–Crippen MR) is 49.7 cm³/mol. The molecule has 0 amide bonds. The zero-order valence-corrected chi connectivity index (χ0v) is 9.16. The summed E-state index contributed by atoms with van der Waals surface area (Å²) in [5, 5.41) is 9.31. The van der Waals surface area contributed by atoms with Gasteiger partial charge in [0.15, 0.2) is 5.60 Å². The van der Waals surface area contributed by atoms with E-state index in [1.807, 2.05) is 0 Å². The summed E-state index contributed by atoms with van der Waals surface area (Å²) in [6.45, 7) is 0.576. The summed E-state index contributed by atoms with van der Waals surface area (Å²) in [5.41, 5.74) is -3.62. The molecule has 0 aromatic heterocycles. The molecule has 84 valence electrons. The molecule has 0 saturated carbocycles. The molecule has 6 heteroatoms. The van der Waals surface area contributed by atoms with E-state index in [0.717, 1.165) is 12.1 Å². The number of alkyl halides is 3. The Morgan fingerprint density at radius 3 is 2.27 bits per heavy atom. The van der Waals surface area contributed by atoms with Crippen molar-refractivity contribution < 1.29 is 22.7 Å². The summed E-state index contributed by atoms with van der Waals surface area (Å²) < 4.78 is 50.1. The largest absolute Gasteiger partial charge is 0.421 e. The van der Waals surface area contributed by atoms with Crippen LogP contribution >= 0.6 is 15.9 Å². The maximum atomic E-state index is 12.8. The van der Waals surface area contributed by atoms with Gasteiger partial charge in [0.05, 0.1) is 0 Å². The van der Waals surface area contributed by atoms with Gasteiger partial charge in [-0.2, -0.15) is 13.2 Å². The highest BCUT2D eigenvalue weighted by Gasteiger charge is 2.52. The first-order valence-electron chi connectivity index (χ1n) is 3.91. The molecule has 0 saturated heterocycles. The maximum Gasteiger partial charge on any atom is 0.421 e. The Labute approximate surface area is 91.9 Å². The molecule has 1 aromatic carbocycles. The third kappa shape index (κ3) is 2.31. The van der Waals surface area contributed by atoms with Crippen molar-refractivity contribution in [3.8, 4) is 0 Å². The second kappa shape index (κ2) is 3.75. The van der Waals surface area contributed by atoms with Gasteiger partial charge in [-0.15, -0.1) is 0 Å². The Bertz CT molecular complexity index is 373. The molecule has 0 aliphatic rings. The molecule has 0 spiro atoms. The first-order chi connectivity index (χ1) is 6.66. The topological polar surface area (TPSA) is 20.2 Å². The molecule has 1 aromatic rings. The maximum absolute atomic E-state index is 12.8. The predicted octanol–water partition coefficient (Wildman–Crippen LogP) is 3.36. The smallest absolute Gasteiger partial charge is 0.376 e. The summed E-state index contributed by atoms with van der Waals surface area (Å²) in [4.78, 5) is 0. The van der Waals surface area contributed by atoms with Crippen LogP contribution in [0.4, 0.5) is 17.6 Å². The first kappa shape index (κ1) is 12.4. The van der Waals surface area contributed by atoms with E-state index in [1.165, 1.54) is 0 Å². The molecular weight excluding hydrogens is 280 g/mol. The SMILES string of the molecule is CC(O)(c1cc(F)ccc1Br)C(F)(F)F. The fourth-order valence-corrected chi connectivity index (χ4v) is 1.66. The van der Waals surface area contributed by atoms with E-state index in [0.29, 0.717) is 13.0 Å². The normalized spacial score (nSPS) is 16.2. The van der Waals surface area contributed by atoms with E-state index in [-0.39, 0.29) is 4.47 Å². The highest BCUT2D eigenvalue weighted by molar-refractivity contribution is 9.10. The number of benzene rings is 1. The van der Waals surface area contributed by atoms with E-state index in [2.05, 4.69) is 15.9 Å². The lowest BCUT2D eigenvalue weighted by Crippen LogP contribution is -2.39. The first-order valence-corrected chi connectivity index (χ1v) is 4.70. The number of hydrogen-bond acceptors (Lipinski definition) is 1. The molecule has 1 unspecified atom stereocenters. The third-order valence-electron chi connectivity index (χ3n) is 2.00. The quantitative estimate of drug-likeness (QED) is 0.785. The van der Waals surface area contributed by atoms with Crippen molar-refractivity contribution in [3.05, 3.63) is 34.1 Å². The average molecular weight is 287 g/mol. The summed E-state index contributed by atoms with van der Waals surface area (Å²) >= 11 is 2.83. The lowest BCUT2D eigenvalue weighted by Gasteiger charge is -2.27. The van der Waals surface area contributed by atoms with Gasteiger partial charge in [-0.05, 0) is 25.1 Å². The fraction of sp³-hybridized carbons (Fsp3) is 0.333. The Morgan fingerprint density at radius 1 is 1.27 bits per heavy atom. The van der Waals surface area contributed by atoms with Gasteiger partial charge in [0.25, 0.3) is 0 Å². The molecule has 1 atom stereocenters. The lowest BCUT2D eigenvalue weighted by molar-refractivity contribution is -0.259. The van der Waals surface area contributed by atoms with Crippen molar-refractivity contribution in [2.24, 2.45) is 0 Å². The van der Waals surface area contributed by atoms with E-state index >= 15 is 0 Å². The van der Waals surface area contributed by atoms with Gasteiger partial charge in [0, 0.05) is 10.0 Å². The molecule has 15 heavy (non-hydrogen) atoms. The molecule has 0 radical (unpaired) electrons. The monoisotopic (exact) mass is 286 g/mol. The van der Waals surface area contributed by atoms with Gasteiger partial charge < -0.3 is 5.11 Å². The zero-order valence-electron chi connectivity index (χ0n) is 7.57. The number of hydrogen-bond donors (Lipinski definition) is 1. The van der Waals surface area contributed by atoms with Gasteiger partial charge in [-0.1, -0.05) is 15.9 Å². The van der Waals surface area contributed by atoms with E-state index in [1.54, 1.807) is 0 Å². The minimum Gasteiger partial charge on any atom is -0.376 e. The number of aliphatic hydroxyl groups is 1. The molecule has 0 heterocycles. The van der Waals surface area contributed by atoms with Crippen molar-refractivity contribution >= 4 is 15.9 Å². The van der Waals surface area contributed by atoms with Crippen LogP contribution in [-0.2, 0) is 5.60 Å². The molecule has 0 aliphatic heterocycles. The summed E-state index contributed by atoms with van der Waals surface area (Å²) in [5.74, 6) is -0.835. The van der Waals surface area contributed by atoms with Gasteiger partial charge in [-0.25, -0.2) is 4.39 Å². The average Bonchev–Trinajstić information content (AvgIpc) is 2.07. The van der Waals surface area contributed by atoms with E-state index in [4.69, 9.17) is 0 Å². The summed E-state index contributed by atoms with van der Waals surface area (Å²) in [6.07, 6.45) is -4.86. The van der Waals surface area contributed by atoms with Crippen LogP contribution in [0.25, 0.3) is 0 Å². The van der Waals surface area contributed by atoms with Crippen LogP contribution in [0.15, 0.2) is 22.7 Å². The molecular formula is C9H7BrF4O. The Hall–Kier alpha value is -0.620. The Morgan fingerprint density at radius 2 is 1.80 bits per heavy atom. The highest BCUT2D eigenvalue weighted by atomic mass is 79.9. The van der Waals surface area contributed by atoms with Crippen molar-refractivity contribution in [1.29, 1.82) is 0 Å². The fourth-order valence-electron chi connectivity index (χ4n) is 1.02. The van der Waals surface area contributed by atoms with Gasteiger partial charge in [-0.3, -0.25) is 0 Å². The standard InChI is InChI=1S/C9H7BrF4O/c1-8(15,9(12,13)14)6-4-5(11)2-3-7(6)10/h2-4,15H,1H3. The Balaban J connectivity index is 3.32. The molecule has 1 nitrogen and oxygen atoms in total. The van der Waals surface area contributed by atoms with Crippen LogP contribution < -0.4 is 0 Å². The number of rotatable bonds is 1. The van der Waals surface area contributed by atoms with Gasteiger partial charge >= 0.3 is 6.18 Å². The molecule has 1 rings (SSSR count). The van der Waals surface area contributed by atoms with Crippen molar-refractivity contribution in [1.82, 2.24) is 0 Å². The minimum atomic E-state index is -4.86. The third-order valence-corrected chi connectivity index (χ3v) is 2.70. The van der Waals surface area contributed by atoms with E-state index < -0.39 is 23.2 Å². The molecule has 1 N–H and O–H groups in total. The molecule has 0 bridgehead atoms. The second-order valence-corrected chi connectivity index (χ2v) is 4.05. The van der Waals surface area contributed by atoms with Crippen molar-refractivity contribution in [2.75, 3.05) is 0 Å². The molecule has 0 fully saturated rings. The van der Waals surface area contributed by atoms with Gasteiger partial charge in [0.1, 0.15) is 5.82 Å². The van der Waals surface area contributed by atoms with Crippen molar-refractivity contribution in [2.45, 2.75) is 18.7 Å². The number of halogens is 5. The van der Waals surface area contributed by atoms with Crippen LogP contribution in [0, 0.1) is 5.82 Å². The Kier molecular flexibility index (Phi) is 3.11. The van der Waals surface area contributed by atoms with Crippen LogP contribution in [-0.4, -0.2) is 11.3 Å². The second-order valence-electron chi connectivity index (χ2n) is 3.19. The summed E-state index contributed by atoms with van der Waals surface area (Å²) in [7, 11) is 0.